The molecule has 1 heterocycles. The summed E-state index contributed by atoms with van der Waals surface area (Å²) in [5, 5.41) is -0.995. The largest absolute Gasteiger partial charge is 0.455 e. The SMILES string of the molecule is [2H]c1c([2H])c([2H])c(-c2ccc(-c3oc4ccc(-c5ccccc5)cc4c3-c3c4c([2H])c([2H])c([2H])c([2H])c4c(-c4c([2H])c([2H])c([2H])c([2H])c4[2H])c4c([2H])c([2H])c([2H])c([2H])c34)cc2)c([2H])c1[2H]. The summed E-state index contributed by atoms with van der Waals surface area (Å²) in [5.41, 5.74) is 1.25. The Labute approximate surface area is 299 Å². The molecule has 0 atom stereocenters. The number of furan rings is 1. The summed E-state index contributed by atoms with van der Waals surface area (Å²) in [6, 6.07) is 8.64. The van der Waals surface area contributed by atoms with Crippen molar-refractivity contribution in [1.29, 1.82) is 0 Å². The normalized spacial score (nSPS) is 16.8. The van der Waals surface area contributed by atoms with Crippen LogP contribution in [-0.4, -0.2) is 0 Å². The lowest BCUT2D eigenvalue weighted by Crippen LogP contribution is -1.91. The molecule has 47 heavy (non-hydrogen) atoms. The average molecular weight is 617 g/mol. The van der Waals surface area contributed by atoms with Crippen LogP contribution in [0.15, 0.2) is 186 Å². The maximum atomic E-state index is 9.53. The predicted molar refractivity (Wildman–Crippen MR) is 198 cm³/mol. The smallest absolute Gasteiger partial charge is 0.143 e. The van der Waals surface area contributed by atoms with Crippen molar-refractivity contribution in [3.8, 4) is 55.8 Å². The van der Waals surface area contributed by atoms with Gasteiger partial charge in [0, 0.05) is 22.1 Å². The highest BCUT2D eigenvalue weighted by Crippen LogP contribution is 2.50. The molecular formula is C46H30O. The van der Waals surface area contributed by atoms with Crippen molar-refractivity contribution in [2.45, 2.75) is 0 Å². The van der Waals surface area contributed by atoms with Gasteiger partial charge in [0.1, 0.15) is 11.3 Å². The summed E-state index contributed by atoms with van der Waals surface area (Å²) in [5.74, 6) is 0.0517. The summed E-state index contributed by atoms with van der Waals surface area (Å²) >= 11 is 0. The van der Waals surface area contributed by atoms with Crippen molar-refractivity contribution in [1.82, 2.24) is 0 Å². The fraction of sp³-hybridized carbons (Fsp3) is 0. The maximum absolute atomic E-state index is 9.53. The Morgan fingerprint density at radius 1 is 0.340 bits per heavy atom. The second-order valence-corrected chi connectivity index (χ2v) is 10.7. The molecule has 9 aromatic rings. The molecule has 0 fully saturated rings. The van der Waals surface area contributed by atoms with E-state index >= 15 is 0 Å². The monoisotopic (exact) mass is 616 g/mol. The van der Waals surface area contributed by atoms with Gasteiger partial charge >= 0.3 is 0 Å². The predicted octanol–water partition coefficient (Wildman–Crippen LogP) is 13.1. The summed E-state index contributed by atoms with van der Waals surface area (Å²) in [6.07, 6.45) is 0. The van der Waals surface area contributed by atoms with E-state index < -0.39 is 120 Å². The van der Waals surface area contributed by atoms with E-state index in [2.05, 4.69) is 0 Å². The van der Waals surface area contributed by atoms with Crippen LogP contribution in [0, 0.1) is 0 Å². The molecule has 0 spiro atoms. The summed E-state index contributed by atoms with van der Waals surface area (Å²) in [6.45, 7) is 0. The van der Waals surface area contributed by atoms with E-state index in [1.165, 1.54) is 12.1 Å². The number of rotatable bonds is 5. The Balaban J connectivity index is 1.52. The van der Waals surface area contributed by atoms with Crippen LogP contribution in [0.1, 0.15) is 24.7 Å². The molecule has 1 aromatic heterocycles. The first kappa shape index (κ1) is 14.5. The van der Waals surface area contributed by atoms with Crippen LogP contribution in [0.25, 0.3) is 88.3 Å². The lowest BCUT2D eigenvalue weighted by Gasteiger charge is -2.18. The first-order valence-electron chi connectivity index (χ1n) is 23.6. The van der Waals surface area contributed by atoms with Gasteiger partial charge in [-0.1, -0.05) is 169 Å². The molecule has 1 heteroatoms. The van der Waals surface area contributed by atoms with E-state index in [4.69, 9.17) is 23.6 Å². The van der Waals surface area contributed by atoms with E-state index in [0.29, 0.717) is 16.5 Å². The maximum Gasteiger partial charge on any atom is 0.143 e. The second kappa shape index (κ2) is 11.3. The van der Waals surface area contributed by atoms with Crippen molar-refractivity contribution in [2.24, 2.45) is 0 Å². The lowest BCUT2D eigenvalue weighted by atomic mass is 9.84. The van der Waals surface area contributed by atoms with E-state index in [0.717, 1.165) is 5.56 Å². The summed E-state index contributed by atoms with van der Waals surface area (Å²) in [4.78, 5) is 0. The molecule has 0 saturated heterocycles. The highest BCUT2D eigenvalue weighted by molar-refractivity contribution is 6.25. The van der Waals surface area contributed by atoms with Crippen molar-refractivity contribution in [3.63, 3.8) is 0 Å². The Hall–Kier alpha value is -6.18. The molecule has 0 unspecified atom stereocenters. The molecule has 0 aliphatic rings. The minimum atomic E-state index is -0.781. The molecular weight excluding hydrogens is 569 g/mol. The first-order valence-corrected chi connectivity index (χ1v) is 14.6. The van der Waals surface area contributed by atoms with Crippen molar-refractivity contribution in [2.75, 3.05) is 0 Å². The second-order valence-electron chi connectivity index (χ2n) is 10.7. The number of fused-ring (bicyclic) bond motifs is 3. The Morgan fingerprint density at radius 3 is 1.45 bits per heavy atom. The van der Waals surface area contributed by atoms with Gasteiger partial charge in [-0.15, -0.1) is 0 Å². The number of benzene rings is 8. The molecule has 0 aliphatic carbocycles. The Morgan fingerprint density at radius 2 is 0.830 bits per heavy atom. The van der Waals surface area contributed by atoms with Crippen molar-refractivity contribution < 1.29 is 29.1 Å². The minimum Gasteiger partial charge on any atom is -0.455 e. The van der Waals surface area contributed by atoms with Gasteiger partial charge in [-0.2, -0.15) is 0 Å². The van der Waals surface area contributed by atoms with Gasteiger partial charge in [0.25, 0.3) is 0 Å². The molecule has 0 radical (unpaired) electrons. The molecule has 8 aromatic carbocycles. The van der Waals surface area contributed by atoms with Gasteiger partial charge in [-0.3, -0.25) is 0 Å². The van der Waals surface area contributed by atoms with E-state index in [9.17, 15) is 5.48 Å². The molecule has 0 amide bonds. The van der Waals surface area contributed by atoms with Crippen LogP contribution in [-0.2, 0) is 0 Å². The van der Waals surface area contributed by atoms with Crippen molar-refractivity contribution in [3.05, 3.63) is 182 Å². The third kappa shape index (κ3) is 4.64. The van der Waals surface area contributed by atoms with Crippen molar-refractivity contribution >= 4 is 32.5 Å². The van der Waals surface area contributed by atoms with Crippen LogP contribution >= 0.6 is 0 Å². The van der Waals surface area contributed by atoms with E-state index in [-0.39, 0.29) is 55.1 Å². The minimum absolute atomic E-state index is 0.0517. The third-order valence-electron chi connectivity index (χ3n) is 8.11. The zero-order chi connectivity index (χ0) is 46.8. The molecule has 0 N–H and O–H groups in total. The van der Waals surface area contributed by atoms with Crippen LogP contribution in [0.2, 0.25) is 0 Å². The fourth-order valence-electron chi connectivity index (χ4n) is 6.04. The average Bonchev–Trinajstić information content (AvgIpc) is 3.69. The molecule has 0 bridgehead atoms. The fourth-order valence-corrected chi connectivity index (χ4v) is 6.04. The highest BCUT2D eigenvalue weighted by Gasteiger charge is 2.24. The molecule has 0 aliphatic heterocycles. The molecule has 0 saturated carbocycles. The third-order valence-corrected chi connectivity index (χ3v) is 8.11. The highest BCUT2D eigenvalue weighted by atomic mass is 16.3. The number of hydrogen-bond donors (Lipinski definition) is 0. The zero-order valence-electron chi connectivity index (χ0n) is 42.3. The first-order chi connectivity index (χ1) is 30.8. The Bertz CT molecular complexity index is 3420. The quantitative estimate of drug-likeness (QED) is 0.175. The van der Waals surface area contributed by atoms with Gasteiger partial charge in [0.15, 0.2) is 0 Å². The molecule has 1 nitrogen and oxygen atoms in total. The molecule has 220 valence electrons. The van der Waals surface area contributed by atoms with Gasteiger partial charge in [-0.05, 0) is 67.1 Å². The summed E-state index contributed by atoms with van der Waals surface area (Å²) in [7, 11) is 0. The van der Waals surface area contributed by atoms with Crippen LogP contribution in [0.4, 0.5) is 0 Å². The van der Waals surface area contributed by atoms with Crippen LogP contribution in [0.5, 0.6) is 0 Å². The van der Waals surface area contributed by atoms with Crippen LogP contribution in [0.3, 0.4) is 0 Å². The zero-order valence-corrected chi connectivity index (χ0v) is 24.3. The standard InChI is InChI=1S/C46H30O/c1-4-14-31(15-5-1)33-24-26-35(27-25-33)46-45(41-30-36(28-29-42(41)47-46)32-16-6-2-7-17-32)44-39-22-12-10-20-37(39)43(34-18-8-3-9-19-34)38-21-11-13-23-40(38)44/h1-30H/i1D,3D,4D,5D,8D,9D,10D,11D,12D,13D,14D,15D,18D,19D,20D,21D,22D,23D. The molecule has 9 rings (SSSR count). The summed E-state index contributed by atoms with van der Waals surface area (Å²) < 4.78 is 165. The van der Waals surface area contributed by atoms with Crippen LogP contribution < -0.4 is 0 Å². The van der Waals surface area contributed by atoms with Gasteiger partial charge in [-0.25, -0.2) is 0 Å². The topological polar surface area (TPSA) is 13.1 Å². The van der Waals surface area contributed by atoms with Gasteiger partial charge in [0.05, 0.1) is 24.7 Å². The number of hydrogen-bond acceptors (Lipinski definition) is 1. The van der Waals surface area contributed by atoms with E-state index in [1.54, 1.807) is 30.3 Å². The lowest BCUT2D eigenvalue weighted by molar-refractivity contribution is 0.632. The van der Waals surface area contributed by atoms with E-state index in [1.807, 2.05) is 30.3 Å². The van der Waals surface area contributed by atoms with Gasteiger partial charge in [0.2, 0.25) is 0 Å². The Kier molecular flexibility index (Phi) is 3.49. The van der Waals surface area contributed by atoms with Gasteiger partial charge < -0.3 is 4.42 Å².